The molecular formula is C16H28N2O2. The third kappa shape index (κ3) is 7.48. The van der Waals surface area contributed by atoms with Gasteiger partial charge >= 0.3 is 0 Å². The molecule has 0 saturated carbocycles. The molecule has 0 amide bonds. The van der Waals surface area contributed by atoms with Crippen LogP contribution in [0.1, 0.15) is 18.4 Å². The van der Waals surface area contributed by atoms with E-state index in [-0.39, 0.29) is 0 Å². The largest absolute Gasteiger partial charge is 0.399 e. The zero-order valence-electron chi connectivity index (χ0n) is 12.8. The van der Waals surface area contributed by atoms with Gasteiger partial charge in [0.05, 0.1) is 6.61 Å². The Labute approximate surface area is 122 Å². The third-order valence-corrected chi connectivity index (χ3v) is 3.33. The molecule has 0 aromatic heterocycles. The van der Waals surface area contributed by atoms with Gasteiger partial charge in [-0.3, -0.25) is 0 Å². The topological polar surface area (TPSA) is 47.7 Å². The first-order valence-corrected chi connectivity index (χ1v) is 7.31. The van der Waals surface area contributed by atoms with Crippen LogP contribution < -0.4 is 5.73 Å². The summed E-state index contributed by atoms with van der Waals surface area (Å²) in [6.45, 7) is 4.73. The van der Waals surface area contributed by atoms with E-state index in [1.165, 1.54) is 5.56 Å². The molecule has 0 aliphatic heterocycles. The molecular weight excluding hydrogens is 252 g/mol. The highest BCUT2D eigenvalue weighted by Gasteiger charge is 2.04. The second-order valence-corrected chi connectivity index (χ2v) is 5.03. The molecule has 4 nitrogen and oxygen atoms in total. The SMILES string of the molecule is COCCCN(CCCc1cccc(N)c1)CCOC. The van der Waals surface area contributed by atoms with Crippen LogP contribution in [0.2, 0.25) is 0 Å². The Morgan fingerprint density at radius 2 is 1.75 bits per heavy atom. The van der Waals surface area contributed by atoms with Crippen molar-refractivity contribution in [1.82, 2.24) is 4.90 Å². The van der Waals surface area contributed by atoms with Gasteiger partial charge in [-0.2, -0.15) is 0 Å². The minimum absolute atomic E-state index is 0.783. The summed E-state index contributed by atoms with van der Waals surface area (Å²) < 4.78 is 10.3. The lowest BCUT2D eigenvalue weighted by Crippen LogP contribution is -2.30. The van der Waals surface area contributed by atoms with Crippen molar-refractivity contribution in [3.63, 3.8) is 0 Å². The summed E-state index contributed by atoms with van der Waals surface area (Å²) in [4.78, 5) is 2.44. The Hall–Kier alpha value is -1.10. The lowest BCUT2D eigenvalue weighted by molar-refractivity contribution is 0.132. The fraction of sp³-hybridized carbons (Fsp3) is 0.625. The number of aryl methyl sites for hydroxylation is 1. The number of nitrogens with two attached hydrogens (primary N) is 1. The Bertz CT molecular complexity index is 358. The summed E-state index contributed by atoms with van der Waals surface area (Å²) in [5, 5.41) is 0. The summed E-state index contributed by atoms with van der Waals surface area (Å²) in [5.74, 6) is 0. The standard InChI is InChI=1S/C16H28N2O2/c1-19-12-5-10-18(11-13-20-2)9-4-7-15-6-3-8-16(17)14-15/h3,6,8,14H,4-5,7,9-13,17H2,1-2H3. The van der Waals surface area contributed by atoms with Crippen LogP contribution in [0.3, 0.4) is 0 Å². The van der Waals surface area contributed by atoms with Gasteiger partial charge in [0.15, 0.2) is 0 Å². The van der Waals surface area contributed by atoms with Crippen molar-refractivity contribution >= 4 is 5.69 Å². The second kappa shape index (κ2) is 10.7. The van der Waals surface area contributed by atoms with E-state index < -0.39 is 0 Å². The number of hydrogen-bond donors (Lipinski definition) is 1. The molecule has 0 saturated heterocycles. The second-order valence-electron chi connectivity index (χ2n) is 5.03. The molecule has 4 heteroatoms. The van der Waals surface area contributed by atoms with E-state index in [0.717, 1.165) is 57.8 Å². The Morgan fingerprint density at radius 1 is 1.00 bits per heavy atom. The van der Waals surface area contributed by atoms with Crippen LogP contribution in [-0.2, 0) is 15.9 Å². The molecule has 1 rings (SSSR count). The van der Waals surface area contributed by atoms with E-state index in [4.69, 9.17) is 15.2 Å². The van der Waals surface area contributed by atoms with Crippen molar-refractivity contribution in [3.8, 4) is 0 Å². The Balaban J connectivity index is 2.29. The van der Waals surface area contributed by atoms with E-state index in [1.807, 2.05) is 12.1 Å². The third-order valence-electron chi connectivity index (χ3n) is 3.33. The highest BCUT2D eigenvalue weighted by atomic mass is 16.5. The van der Waals surface area contributed by atoms with Crippen LogP contribution in [0.5, 0.6) is 0 Å². The van der Waals surface area contributed by atoms with E-state index >= 15 is 0 Å². The predicted octanol–water partition coefficient (Wildman–Crippen LogP) is 2.19. The van der Waals surface area contributed by atoms with E-state index in [2.05, 4.69) is 17.0 Å². The summed E-state index contributed by atoms with van der Waals surface area (Å²) >= 11 is 0. The highest BCUT2D eigenvalue weighted by molar-refractivity contribution is 5.40. The van der Waals surface area contributed by atoms with Crippen LogP contribution in [0.15, 0.2) is 24.3 Å². The molecule has 2 N–H and O–H groups in total. The lowest BCUT2D eigenvalue weighted by atomic mass is 10.1. The molecule has 114 valence electrons. The number of hydrogen-bond acceptors (Lipinski definition) is 4. The van der Waals surface area contributed by atoms with E-state index in [1.54, 1.807) is 14.2 Å². The van der Waals surface area contributed by atoms with Crippen molar-refractivity contribution in [2.24, 2.45) is 0 Å². The molecule has 0 spiro atoms. The number of nitrogen functional groups attached to an aromatic ring is 1. The summed E-state index contributed by atoms with van der Waals surface area (Å²) in [6.07, 6.45) is 3.28. The first-order chi connectivity index (χ1) is 9.76. The van der Waals surface area contributed by atoms with Crippen LogP contribution >= 0.6 is 0 Å². The molecule has 20 heavy (non-hydrogen) atoms. The molecule has 0 radical (unpaired) electrons. The zero-order chi connectivity index (χ0) is 14.6. The lowest BCUT2D eigenvalue weighted by Gasteiger charge is -2.21. The van der Waals surface area contributed by atoms with Gasteiger partial charge in [0.2, 0.25) is 0 Å². The quantitative estimate of drug-likeness (QED) is 0.498. The van der Waals surface area contributed by atoms with Crippen molar-refractivity contribution < 1.29 is 9.47 Å². The van der Waals surface area contributed by atoms with Gasteiger partial charge in [-0.25, -0.2) is 0 Å². The predicted molar refractivity (Wildman–Crippen MR) is 84.0 cm³/mol. The van der Waals surface area contributed by atoms with Crippen LogP contribution in [0.4, 0.5) is 5.69 Å². The normalized spacial score (nSPS) is 11.2. The van der Waals surface area contributed by atoms with Crippen LogP contribution in [0.25, 0.3) is 0 Å². The Kier molecular flexibility index (Phi) is 9.04. The molecule has 0 bridgehead atoms. The van der Waals surface area contributed by atoms with Gasteiger partial charge in [-0.15, -0.1) is 0 Å². The van der Waals surface area contributed by atoms with Gasteiger partial charge in [0.1, 0.15) is 0 Å². The molecule has 0 aliphatic carbocycles. The maximum atomic E-state index is 5.80. The molecule has 1 aromatic rings. The van der Waals surface area contributed by atoms with Crippen LogP contribution in [0, 0.1) is 0 Å². The minimum Gasteiger partial charge on any atom is -0.399 e. The fourth-order valence-corrected chi connectivity index (χ4v) is 2.24. The molecule has 1 aromatic carbocycles. The number of benzene rings is 1. The molecule has 0 unspecified atom stereocenters. The number of rotatable bonds is 11. The van der Waals surface area contributed by atoms with Gasteiger partial charge in [-0.1, -0.05) is 12.1 Å². The van der Waals surface area contributed by atoms with Gasteiger partial charge in [-0.05, 0) is 43.5 Å². The summed E-state index contributed by atoms with van der Waals surface area (Å²) in [6, 6.07) is 8.15. The van der Waals surface area contributed by atoms with Crippen molar-refractivity contribution in [3.05, 3.63) is 29.8 Å². The van der Waals surface area contributed by atoms with Gasteiger partial charge in [0.25, 0.3) is 0 Å². The number of methoxy groups -OCH3 is 2. The summed E-state index contributed by atoms with van der Waals surface area (Å²) in [5.41, 5.74) is 7.96. The first kappa shape index (κ1) is 17.0. The highest BCUT2D eigenvalue weighted by Crippen LogP contribution is 2.09. The van der Waals surface area contributed by atoms with Crippen molar-refractivity contribution in [1.29, 1.82) is 0 Å². The average molecular weight is 280 g/mol. The minimum atomic E-state index is 0.783. The molecule has 0 heterocycles. The maximum absolute atomic E-state index is 5.80. The first-order valence-electron chi connectivity index (χ1n) is 7.31. The van der Waals surface area contributed by atoms with Crippen molar-refractivity contribution in [2.45, 2.75) is 19.3 Å². The van der Waals surface area contributed by atoms with E-state index in [0.29, 0.717) is 0 Å². The smallest absolute Gasteiger partial charge is 0.0589 e. The van der Waals surface area contributed by atoms with Gasteiger partial charge < -0.3 is 20.1 Å². The fourth-order valence-electron chi connectivity index (χ4n) is 2.24. The summed E-state index contributed by atoms with van der Waals surface area (Å²) in [7, 11) is 3.50. The number of ether oxygens (including phenoxy) is 2. The molecule has 0 aliphatic rings. The molecule has 0 fully saturated rings. The Morgan fingerprint density at radius 3 is 2.45 bits per heavy atom. The van der Waals surface area contributed by atoms with Crippen molar-refractivity contribution in [2.75, 3.05) is 52.8 Å². The van der Waals surface area contributed by atoms with Crippen LogP contribution in [-0.4, -0.2) is 52.0 Å². The van der Waals surface area contributed by atoms with E-state index in [9.17, 15) is 0 Å². The average Bonchev–Trinajstić information content (AvgIpc) is 2.44. The molecule has 0 atom stereocenters. The van der Waals surface area contributed by atoms with Gasteiger partial charge in [0, 0.05) is 39.6 Å². The monoisotopic (exact) mass is 280 g/mol. The number of nitrogens with zero attached hydrogens (tertiary/aromatic N) is 1. The maximum Gasteiger partial charge on any atom is 0.0589 e. The number of anilines is 1. The zero-order valence-corrected chi connectivity index (χ0v) is 12.8.